The van der Waals surface area contributed by atoms with E-state index in [-0.39, 0.29) is 0 Å². The van der Waals surface area contributed by atoms with Gasteiger partial charge in [0.15, 0.2) is 0 Å². The summed E-state index contributed by atoms with van der Waals surface area (Å²) in [5.41, 5.74) is 9.41. The van der Waals surface area contributed by atoms with E-state index in [4.69, 9.17) is 18.0 Å². The highest BCUT2D eigenvalue weighted by Crippen LogP contribution is 2.24. The quantitative estimate of drug-likeness (QED) is 0.849. The lowest BCUT2D eigenvalue weighted by Gasteiger charge is -2.11. The van der Waals surface area contributed by atoms with Crippen LogP contribution in [0.4, 0.5) is 11.4 Å². The molecule has 1 heterocycles. The first-order valence-electron chi connectivity index (χ1n) is 5.35. The number of aromatic nitrogens is 1. The maximum Gasteiger partial charge on any atom is 0.106 e. The maximum atomic E-state index is 5.68. The summed E-state index contributed by atoms with van der Waals surface area (Å²) in [6, 6.07) is 7.82. The molecular formula is C13H12BrN3S. The first-order chi connectivity index (χ1) is 8.58. The van der Waals surface area contributed by atoms with E-state index in [1.165, 1.54) is 0 Å². The number of rotatable bonds is 3. The molecular weight excluding hydrogens is 310 g/mol. The fourth-order valence-electron chi connectivity index (χ4n) is 1.59. The van der Waals surface area contributed by atoms with Gasteiger partial charge in [-0.15, -0.1) is 0 Å². The number of nitrogens with one attached hydrogen (secondary N) is 1. The van der Waals surface area contributed by atoms with Crippen LogP contribution in [0.1, 0.15) is 11.1 Å². The van der Waals surface area contributed by atoms with Crippen LogP contribution in [0.3, 0.4) is 0 Å². The van der Waals surface area contributed by atoms with Gasteiger partial charge in [0.05, 0.1) is 11.9 Å². The summed E-state index contributed by atoms with van der Waals surface area (Å²) in [5.74, 6) is 0. The molecule has 3 nitrogen and oxygen atoms in total. The standard InChI is InChI=1S/C13H12BrN3S/c1-8-6-9(2-3-11(8)14)17-12-7-16-5-4-10(12)13(15)18/h2-7,17H,1H3,(H2,15,18). The van der Waals surface area contributed by atoms with Crippen LogP contribution >= 0.6 is 28.1 Å². The molecule has 0 unspecified atom stereocenters. The average molecular weight is 322 g/mol. The van der Waals surface area contributed by atoms with Gasteiger partial charge in [-0.3, -0.25) is 4.98 Å². The molecule has 2 rings (SSSR count). The number of hydrogen-bond donors (Lipinski definition) is 2. The second-order valence-corrected chi connectivity index (χ2v) is 5.17. The molecule has 1 aromatic carbocycles. The summed E-state index contributed by atoms with van der Waals surface area (Å²) in [6.07, 6.45) is 3.39. The van der Waals surface area contributed by atoms with Crippen molar-refractivity contribution >= 4 is 44.5 Å². The fourth-order valence-corrected chi connectivity index (χ4v) is 2.01. The number of anilines is 2. The number of benzene rings is 1. The molecule has 0 aliphatic carbocycles. The van der Waals surface area contributed by atoms with Gasteiger partial charge >= 0.3 is 0 Å². The SMILES string of the molecule is Cc1cc(Nc2cnccc2C(N)=S)ccc1Br. The Bertz CT molecular complexity index is 599. The molecule has 0 bridgehead atoms. The van der Waals surface area contributed by atoms with Crippen molar-refractivity contribution in [3.8, 4) is 0 Å². The van der Waals surface area contributed by atoms with E-state index in [0.29, 0.717) is 4.99 Å². The van der Waals surface area contributed by atoms with Gasteiger partial charge in [0, 0.05) is 21.9 Å². The van der Waals surface area contributed by atoms with Gasteiger partial charge in [-0.05, 0) is 36.8 Å². The van der Waals surface area contributed by atoms with Crippen LogP contribution < -0.4 is 11.1 Å². The third kappa shape index (κ3) is 2.86. The zero-order valence-corrected chi connectivity index (χ0v) is 12.2. The number of aryl methyl sites for hydroxylation is 1. The molecule has 2 aromatic rings. The van der Waals surface area contributed by atoms with E-state index in [2.05, 4.69) is 26.2 Å². The zero-order chi connectivity index (χ0) is 13.1. The van der Waals surface area contributed by atoms with Crippen LogP contribution in [0.2, 0.25) is 0 Å². The van der Waals surface area contributed by atoms with Crippen molar-refractivity contribution in [2.75, 3.05) is 5.32 Å². The summed E-state index contributed by atoms with van der Waals surface area (Å²) < 4.78 is 1.08. The van der Waals surface area contributed by atoms with Gasteiger partial charge in [0.25, 0.3) is 0 Å². The molecule has 0 aliphatic rings. The summed E-state index contributed by atoms with van der Waals surface area (Å²) in [5, 5.41) is 3.27. The van der Waals surface area contributed by atoms with Gasteiger partial charge in [0.1, 0.15) is 4.99 Å². The second-order valence-electron chi connectivity index (χ2n) is 3.87. The topological polar surface area (TPSA) is 50.9 Å². The maximum absolute atomic E-state index is 5.68. The van der Waals surface area contributed by atoms with Crippen LogP contribution in [0.15, 0.2) is 41.1 Å². The molecule has 0 spiro atoms. The lowest BCUT2D eigenvalue weighted by Crippen LogP contribution is -2.12. The number of thiocarbonyl (C=S) groups is 1. The number of nitrogens with zero attached hydrogens (tertiary/aromatic N) is 1. The highest BCUT2D eigenvalue weighted by atomic mass is 79.9. The summed E-state index contributed by atoms with van der Waals surface area (Å²) in [6.45, 7) is 2.03. The average Bonchev–Trinajstić information content (AvgIpc) is 2.34. The Kier molecular flexibility index (Phi) is 3.93. The Morgan fingerprint density at radius 2 is 2.17 bits per heavy atom. The molecule has 92 valence electrons. The van der Waals surface area contributed by atoms with Crippen LogP contribution in [-0.2, 0) is 0 Å². The summed E-state index contributed by atoms with van der Waals surface area (Å²) >= 11 is 8.49. The first kappa shape index (κ1) is 13.0. The smallest absolute Gasteiger partial charge is 0.106 e. The van der Waals surface area contributed by atoms with Gasteiger partial charge in [-0.25, -0.2) is 0 Å². The van der Waals surface area contributed by atoms with Crippen molar-refractivity contribution in [2.45, 2.75) is 6.92 Å². The highest BCUT2D eigenvalue weighted by Gasteiger charge is 2.05. The van der Waals surface area contributed by atoms with Gasteiger partial charge < -0.3 is 11.1 Å². The monoisotopic (exact) mass is 321 g/mol. The highest BCUT2D eigenvalue weighted by molar-refractivity contribution is 9.10. The lowest BCUT2D eigenvalue weighted by molar-refractivity contribution is 1.31. The molecule has 0 saturated carbocycles. The number of halogens is 1. The van der Waals surface area contributed by atoms with Crippen LogP contribution in [0, 0.1) is 6.92 Å². The predicted octanol–water partition coefficient (Wildman–Crippen LogP) is 3.53. The molecule has 0 amide bonds. The van der Waals surface area contributed by atoms with E-state index in [9.17, 15) is 0 Å². The predicted molar refractivity (Wildman–Crippen MR) is 82.3 cm³/mol. The van der Waals surface area contributed by atoms with Gasteiger partial charge in [-0.1, -0.05) is 28.1 Å². The van der Waals surface area contributed by atoms with Crippen molar-refractivity contribution in [3.63, 3.8) is 0 Å². The van der Waals surface area contributed by atoms with Gasteiger partial charge in [-0.2, -0.15) is 0 Å². The van der Waals surface area contributed by atoms with E-state index < -0.39 is 0 Å². The molecule has 3 N–H and O–H groups in total. The van der Waals surface area contributed by atoms with Crippen molar-refractivity contribution in [2.24, 2.45) is 5.73 Å². The third-order valence-electron chi connectivity index (χ3n) is 2.52. The number of nitrogens with two attached hydrogens (primary N) is 1. The Morgan fingerprint density at radius 3 is 2.83 bits per heavy atom. The Balaban J connectivity index is 2.34. The van der Waals surface area contributed by atoms with Crippen molar-refractivity contribution in [3.05, 3.63) is 52.3 Å². The molecule has 1 aromatic heterocycles. The molecule has 5 heteroatoms. The minimum Gasteiger partial charge on any atom is -0.389 e. The normalized spacial score (nSPS) is 10.1. The van der Waals surface area contributed by atoms with Crippen molar-refractivity contribution in [1.29, 1.82) is 0 Å². The lowest BCUT2D eigenvalue weighted by atomic mass is 10.2. The number of hydrogen-bond acceptors (Lipinski definition) is 3. The minimum atomic E-state index is 0.355. The van der Waals surface area contributed by atoms with Gasteiger partial charge in [0.2, 0.25) is 0 Å². The molecule has 18 heavy (non-hydrogen) atoms. The van der Waals surface area contributed by atoms with Crippen LogP contribution in [0.5, 0.6) is 0 Å². The second kappa shape index (κ2) is 5.46. The minimum absolute atomic E-state index is 0.355. The van der Waals surface area contributed by atoms with Crippen molar-refractivity contribution < 1.29 is 0 Å². The molecule has 0 fully saturated rings. The Hall–Kier alpha value is -1.46. The molecule has 0 saturated heterocycles. The fraction of sp³-hybridized carbons (Fsp3) is 0.0769. The summed E-state index contributed by atoms with van der Waals surface area (Å²) in [7, 11) is 0. The largest absolute Gasteiger partial charge is 0.389 e. The van der Waals surface area contributed by atoms with E-state index in [0.717, 1.165) is 27.0 Å². The van der Waals surface area contributed by atoms with E-state index in [1.54, 1.807) is 18.5 Å². The first-order valence-corrected chi connectivity index (χ1v) is 6.55. The van der Waals surface area contributed by atoms with Crippen molar-refractivity contribution in [1.82, 2.24) is 4.98 Å². The number of pyridine rings is 1. The van der Waals surface area contributed by atoms with Crippen LogP contribution in [-0.4, -0.2) is 9.97 Å². The van der Waals surface area contributed by atoms with E-state index >= 15 is 0 Å². The molecule has 0 radical (unpaired) electrons. The molecule has 0 aliphatic heterocycles. The van der Waals surface area contributed by atoms with Crippen LogP contribution in [0.25, 0.3) is 0 Å². The molecule has 0 atom stereocenters. The Morgan fingerprint density at radius 1 is 1.39 bits per heavy atom. The third-order valence-corrected chi connectivity index (χ3v) is 3.63. The Labute approximate surface area is 120 Å². The van der Waals surface area contributed by atoms with E-state index in [1.807, 2.05) is 25.1 Å². The summed E-state index contributed by atoms with van der Waals surface area (Å²) in [4.78, 5) is 4.43. The zero-order valence-electron chi connectivity index (χ0n) is 9.77.